The van der Waals surface area contributed by atoms with Crippen molar-refractivity contribution in [3.05, 3.63) is 204 Å². The molecule has 0 bridgehead atoms. The highest BCUT2D eigenvalue weighted by Crippen LogP contribution is 2.64. The average molecular weight is 647 g/mol. The minimum atomic E-state index is -0.476. The topological polar surface area (TPSA) is 9.86 Å². The van der Waals surface area contributed by atoms with E-state index in [1.807, 2.05) is 0 Å². The van der Waals surface area contributed by atoms with Gasteiger partial charge in [-0.15, -0.1) is 0 Å². The van der Waals surface area contributed by atoms with Crippen LogP contribution in [0.15, 0.2) is 182 Å². The van der Waals surface area contributed by atoms with Crippen LogP contribution in [-0.2, 0) is 5.41 Å². The molecule has 0 saturated carbocycles. The van der Waals surface area contributed by atoms with E-state index in [1.54, 1.807) is 0 Å². The van der Waals surface area contributed by atoms with Crippen molar-refractivity contribution in [3.63, 3.8) is 0 Å². The summed E-state index contributed by atoms with van der Waals surface area (Å²) in [6, 6.07) is 67.7. The van der Waals surface area contributed by atoms with Gasteiger partial charge in [0, 0.05) is 32.9 Å². The molecule has 10 aromatic rings. The van der Waals surface area contributed by atoms with Gasteiger partial charge in [0.15, 0.2) is 0 Å². The molecule has 0 fully saturated rings. The minimum Gasteiger partial charge on any atom is -0.309 e. The fourth-order valence-corrected chi connectivity index (χ4v) is 9.77. The molecule has 0 saturated heterocycles. The third kappa shape index (κ3) is 3.32. The lowest BCUT2D eigenvalue weighted by Gasteiger charge is -2.30. The summed E-state index contributed by atoms with van der Waals surface area (Å²) < 4.78 is 4.92. The molecule has 1 spiro atoms. The molecule has 0 unspecified atom stereocenters. The van der Waals surface area contributed by atoms with Gasteiger partial charge >= 0.3 is 0 Å². The first-order valence-electron chi connectivity index (χ1n) is 17.8. The first-order valence-corrected chi connectivity index (χ1v) is 17.8. The van der Waals surface area contributed by atoms with Crippen LogP contribution >= 0.6 is 0 Å². The largest absolute Gasteiger partial charge is 0.309 e. The maximum Gasteiger partial charge on any atom is 0.0727 e. The molecule has 2 aromatic heterocycles. The summed E-state index contributed by atoms with van der Waals surface area (Å²) in [4.78, 5) is 0. The van der Waals surface area contributed by atoms with Gasteiger partial charge in [0.2, 0.25) is 0 Å². The van der Waals surface area contributed by atoms with Crippen LogP contribution in [0, 0.1) is 0 Å². The van der Waals surface area contributed by atoms with Gasteiger partial charge in [-0.3, -0.25) is 0 Å². The molecule has 2 aliphatic carbocycles. The van der Waals surface area contributed by atoms with E-state index in [1.165, 1.54) is 99.5 Å². The molecule has 8 aromatic carbocycles. The van der Waals surface area contributed by atoms with Gasteiger partial charge in [-0.25, -0.2) is 0 Å². The molecular formula is C49H30N2. The van der Waals surface area contributed by atoms with E-state index in [0.29, 0.717) is 0 Å². The van der Waals surface area contributed by atoms with Gasteiger partial charge in [-0.1, -0.05) is 121 Å². The molecule has 0 amide bonds. The zero-order valence-electron chi connectivity index (χ0n) is 27.7. The summed E-state index contributed by atoms with van der Waals surface area (Å²) in [6.07, 6.45) is 0. The highest BCUT2D eigenvalue weighted by Gasteiger charge is 2.52. The van der Waals surface area contributed by atoms with E-state index < -0.39 is 5.41 Å². The predicted octanol–water partition coefficient (Wildman–Crippen LogP) is 12.2. The summed E-state index contributed by atoms with van der Waals surface area (Å²) in [7, 11) is 0. The van der Waals surface area contributed by atoms with E-state index in [4.69, 9.17) is 0 Å². The van der Waals surface area contributed by atoms with Crippen molar-refractivity contribution in [1.29, 1.82) is 0 Å². The van der Waals surface area contributed by atoms with Crippen LogP contribution in [0.25, 0.3) is 77.2 Å². The summed E-state index contributed by atoms with van der Waals surface area (Å²) >= 11 is 0. The lowest BCUT2D eigenvalue weighted by molar-refractivity contribution is 0.795. The monoisotopic (exact) mass is 646 g/mol. The van der Waals surface area contributed by atoms with E-state index in [2.05, 4.69) is 191 Å². The number of para-hydroxylation sites is 4. The van der Waals surface area contributed by atoms with Crippen LogP contribution in [-0.4, -0.2) is 9.13 Å². The molecule has 51 heavy (non-hydrogen) atoms. The van der Waals surface area contributed by atoms with Gasteiger partial charge in [0.1, 0.15) is 0 Å². The third-order valence-electron chi connectivity index (χ3n) is 11.7. The van der Waals surface area contributed by atoms with Gasteiger partial charge in [-0.05, 0) is 105 Å². The summed E-state index contributed by atoms with van der Waals surface area (Å²) in [6.45, 7) is 0. The first kappa shape index (κ1) is 27.2. The fraction of sp³-hybridized carbons (Fsp3) is 0.0204. The van der Waals surface area contributed by atoms with Gasteiger partial charge in [-0.2, -0.15) is 0 Å². The summed E-state index contributed by atoms with van der Waals surface area (Å²) in [5, 5.41) is 5.11. The van der Waals surface area contributed by atoms with Gasteiger partial charge in [0.05, 0.1) is 27.5 Å². The Morgan fingerprint density at radius 1 is 0.275 bits per heavy atom. The van der Waals surface area contributed by atoms with Crippen molar-refractivity contribution < 1.29 is 0 Å². The highest BCUT2D eigenvalue weighted by atomic mass is 15.0. The Labute approximate surface area is 295 Å². The number of aromatic nitrogens is 2. The molecule has 0 atom stereocenters. The normalized spacial score (nSPS) is 13.6. The lowest BCUT2D eigenvalue weighted by Crippen LogP contribution is -2.26. The van der Waals surface area contributed by atoms with Crippen molar-refractivity contribution in [3.8, 4) is 33.6 Å². The Kier molecular flexibility index (Phi) is 5.20. The molecular weight excluding hydrogens is 617 g/mol. The molecule has 0 aliphatic heterocycles. The second-order valence-corrected chi connectivity index (χ2v) is 14.0. The first-order chi connectivity index (χ1) is 25.3. The van der Waals surface area contributed by atoms with Crippen molar-refractivity contribution in [2.75, 3.05) is 0 Å². The predicted molar refractivity (Wildman–Crippen MR) is 211 cm³/mol. The zero-order valence-corrected chi connectivity index (χ0v) is 27.7. The molecule has 0 radical (unpaired) electrons. The summed E-state index contributed by atoms with van der Waals surface area (Å²) in [5.41, 5.74) is 17.5. The van der Waals surface area contributed by atoms with Crippen LogP contribution in [0.3, 0.4) is 0 Å². The maximum absolute atomic E-state index is 2.53. The van der Waals surface area contributed by atoms with Crippen molar-refractivity contribution in [2.45, 2.75) is 5.41 Å². The quantitative estimate of drug-likeness (QED) is 0.177. The average Bonchev–Trinajstić information content (AvgIpc) is 3.88. The Hall–Kier alpha value is -6.64. The number of fused-ring (bicyclic) bond motifs is 16. The summed E-state index contributed by atoms with van der Waals surface area (Å²) in [5.74, 6) is 0. The van der Waals surface area contributed by atoms with Crippen LogP contribution in [0.2, 0.25) is 0 Å². The molecule has 2 heteroatoms. The van der Waals surface area contributed by atoms with Gasteiger partial charge < -0.3 is 9.13 Å². The molecule has 2 aliphatic rings. The van der Waals surface area contributed by atoms with Crippen molar-refractivity contribution >= 4 is 43.6 Å². The van der Waals surface area contributed by atoms with Crippen LogP contribution < -0.4 is 0 Å². The second-order valence-electron chi connectivity index (χ2n) is 14.0. The number of hydrogen-bond acceptors (Lipinski definition) is 0. The highest BCUT2D eigenvalue weighted by molar-refractivity contribution is 6.15. The third-order valence-corrected chi connectivity index (χ3v) is 11.7. The molecule has 2 heterocycles. The van der Waals surface area contributed by atoms with E-state index >= 15 is 0 Å². The molecule has 0 N–H and O–H groups in total. The van der Waals surface area contributed by atoms with Gasteiger partial charge in [0.25, 0.3) is 0 Å². The SMILES string of the molecule is c1ccc(-n2c3ccccc3c3cc4c(cc32)C2(c3ccccc3-c3ccccc32)c2cc3c(cc2-4)c2ccccc2n3-c2ccccc2)cc1. The van der Waals surface area contributed by atoms with E-state index in [9.17, 15) is 0 Å². The Morgan fingerprint density at radius 3 is 1.14 bits per heavy atom. The van der Waals surface area contributed by atoms with E-state index in [-0.39, 0.29) is 0 Å². The maximum atomic E-state index is 2.53. The number of rotatable bonds is 2. The zero-order chi connectivity index (χ0) is 33.3. The van der Waals surface area contributed by atoms with Crippen molar-refractivity contribution in [1.82, 2.24) is 9.13 Å². The molecule has 236 valence electrons. The smallest absolute Gasteiger partial charge is 0.0727 e. The second kappa shape index (κ2) is 9.74. The molecule has 2 nitrogen and oxygen atoms in total. The van der Waals surface area contributed by atoms with Crippen molar-refractivity contribution in [2.24, 2.45) is 0 Å². The number of benzene rings is 8. The lowest BCUT2D eigenvalue weighted by atomic mass is 9.70. The van der Waals surface area contributed by atoms with Crippen LogP contribution in [0.1, 0.15) is 22.3 Å². The Morgan fingerprint density at radius 2 is 0.667 bits per heavy atom. The standard InChI is InChI=1S/C49H30N2/c1-3-15-31(16-4-1)50-45-25-13-9-21-35(45)39-27-37-38-28-40-36-22-10-14-26-46(36)51(32-17-5-2-6-18-32)48(40)30-44(38)49(43(37)29-47(39)50)41-23-11-7-19-33(41)34-20-8-12-24-42(34)49/h1-30H. The van der Waals surface area contributed by atoms with E-state index in [0.717, 1.165) is 0 Å². The minimum absolute atomic E-state index is 0.476. The fourth-order valence-electron chi connectivity index (χ4n) is 9.77. The van der Waals surface area contributed by atoms with Crippen LogP contribution in [0.5, 0.6) is 0 Å². The number of hydrogen-bond donors (Lipinski definition) is 0. The molecule has 12 rings (SSSR count). The van der Waals surface area contributed by atoms with Crippen LogP contribution in [0.4, 0.5) is 0 Å². The number of nitrogens with zero attached hydrogens (tertiary/aromatic N) is 2. The Balaban J connectivity index is 1.30. The Bertz CT molecular complexity index is 2860.